The fourth-order valence-corrected chi connectivity index (χ4v) is 6.26. The molecule has 0 radical (unpaired) electrons. The van der Waals surface area contributed by atoms with E-state index in [-0.39, 0.29) is 36.0 Å². The number of methoxy groups -OCH3 is 1. The summed E-state index contributed by atoms with van der Waals surface area (Å²) in [5.74, 6) is -1.39. The molecule has 1 fully saturated rings. The highest BCUT2D eigenvalue weighted by Crippen LogP contribution is 2.38. The van der Waals surface area contributed by atoms with E-state index in [1.54, 1.807) is 11.8 Å². The Labute approximate surface area is 232 Å². The van der Waals surface area contributed by atoms with Crippen molar-refractivity contribution in [3.8, 4) is 22.8 Å². The monoisotopic (exact) mass is 566 g/mol. The van der Waals surface area contributed by atoms with Gasteiger partial charge in [0.25, 0.3) is 5.35 Å². The van der Waals surface area contributed by atoms with Crippen molar-refractivity contribution < 1.29 is 42.7 Å². The normalized spacial score (nSPS) is 19.3. The molecule has 1 aromatic heterocycles. The second-order valence-electron chi connectivity index (χ2n) is 9.61. The van der Waals surface area contributed by atoms with Gasteiger partial charge in [-0.2, -0.15) is 0 Å². The Morgan fingerprint density at radius 2 is 2.08 bits per heavy atom. The summed E-state index contributed by atoms with van der Waals surface area (Å²) >= 11 is 1.62. The molecule has 12 heteroatoms. The lowest BCUT2D eigenvalue weighted by Crippen LogP contribution is -2.60. The third-order valence-electron chi connectivity index (χ3n) is 7.06. The highest BCUT2D eigenvalue weighted by Gasteiger charge is 2.35. The van der Waals surface area contributed by atoms with Crippen molar-refractivity contribution in [2.75, 3.05) is 27.1 Å². The number of pyridine rings is 1. The largest absolute Gasteiger partial charge is 0.870 e. The summed E-state index contributed by atoms with van der Waals surface area (Å²) in [5.41, 5.74) is 3.43. The van der Waals surface area contributed by atoms with Crippen LogP contribution in [0.1, 0.15) is 23.6 Å². The predicted octanol–water partition coefficient (Wildman–Crippen LogP) is 1.69. The van der Waals surface area contributed by atoms with Crippen LogP contribution in [0.2, 0.25) is 0 Å². The molecular formula is C28H25FN3O7S-. The van der Waals surface area contributed by atoms with Crippen molar-refractivity contribution in [1.82, 2.24) is 4.90 Å². The van der Waals surface area contributed by atoms with Gasteiger partial charge in [0.2, 0.25) is 18.7 Å². The van der Waals surface area contributed by atoms with Crippen LogP contribution in [0.5, 0.6) is 11.5 Å². The SMILES string of the molecule is COC(=O)OCOc1c([O-])cc(-c2cc(F)cc3c2Cc2ccccc2SC3)[n+]2c1=C([O-])N1C[C@H](C)OCC1N=2. The van der Waals surface area contributed by atoms with Crippen molar-refractivity contribution in [1.29, 1.82) is 0 Å². The fraction of sp³-hybridized carbons (Fsp3) is 0.321. The van der Waals surface area contributed by atoms with Crippen molar-refractivity contribution in [3.05, 3.63) is 70.3 Å². The van der Waals surface area contributed by atoms with Crippen LogP contribution < -0.4 is 24.7 Å². The molecule has 2 aromatic carbocycles. The number of carbonyl (C=O) groups is 1. The van der Waals surface area contributed by atoms with Crippen LogP contribution in [0.4, 0.5) is 9.18 Å². The number of benzene rings is 2. The molecule has 0 bridgehead atoms. The number of halogens is 1. The van der Waals surface area contributed by atoms with Gasteiger partial charge >= 0.3 is 6.16 Å². The molecule has 4 heterocycles. The molecule has 3 aliphatic rings. The number of carbonyl (C=O) groups excluding carboxylic acids is 1. The Morgan fingerprint density at radius 3 is 2.90 bits per heavy atom. The van der Waals surface area contributed by atoms with E-state index in [1.165, 1.54) is 27.5 Å². The molecule has 6 rings (SSSR count). The van der Waals surface area contributed by atoms with Crippen LogP contribution in [0, 0.1) is 5.82 Å². The number of thioether (sulfide) groups is 1. The summed E-state index contributed by atoms with van der Waals surface area (Å²) in [6.45, 7) is 1.59. The van der Waals surface area contributed by atoms with Crippen molar-refractivity contribution in [3.63, 3.8) is 0 Å². The zero-order valence-electron chi connectivity index (χ0n) is 21.7. The number of aromatic nitrogens is 1. The summed E-state index contributed by atoms with van der Waals surface area (Å²) in [6.07, 6.45) is -1.39. The van der Waals surface area contributed by atoms with Gasteiger partial charge in [0.1, 0.15) is 5.82 Å². The highest BCUT2D eigenvalue weighted by molar-refractivity contribution is 7.98. The van der Waals surface area contributed by atoms with E-state index in [0.29, 0.717) is 17.7 Å². The molecule has 3 aliphatic heterocycles. The van der Waals surface area contributed by atoms with Crippen LogP contribution in [0.15, 0.2) is 52.5 Å². The number of rotatable bonds is 4. The number of nitrogens with zero attached hydrogens (tertiary/aromatic N) is 3. The average Bonchev–Trinajstić information content (AvgIpc) is 3.13. The van der Waals surface area contributed by atoms with Crippen LogP contribution in [0.3, 0.4) is 0 Å². The maximum Gasteiger partial charge on any atom is 0.510 e. The molecule has 10 nitrogen and oxygen atoms in total. The van der Waals surface area contributed by atoms with Gasteiger partial charge in [0.15, 0.2) is 5.75 Å². The van der Waals surface area contributed by atoms with E-state index in [9.17, 15) is 15.0 Å². The van der Waals surface area contributed by atoms with E-state index in [2.05, 4.69) is 4.74 Å². The van der Waals surface area contributed by atoms with E-state index in [4.69, 9.17) is 19.3 Å². The molecule has 2 atom stereocenters. The van der Waals surface area contributed by atoms with Crippen LogP contribution in [-0.2, 0) is 26.4 Å². The first kappa shape index (κ1) is 26.2. The minimum absolute atomic E-state index is 0.136. The first-order valence-electron chi connectivity index (χ1n) is 12.6. The van der Waals surface area contributed by atoms with Gasteiger partial charge in [0, 0.05) is 29.1 Å². The summed E-state index contributed by atoms with van der Waals surface area (Å²) in [5, 5.41) is 31.9. The predicted molar refractivity (Wildman–Crippen MR) is 136 cm³/mol. The lowest BCUT2D eigenvalue weighted by molar-refractivity contribution is -0.570. The maximum atomic E-state index is 15.1. The fourth-order valence-electron chi connectivity index (χ4n) is 5.19. The van der Waals surface area contributed by atoms with E-state index in [1.807, 2.05) is 31.2 Å². The lowest BCUT2D eigenvalue weighted by Gasteiger charge is -2.40. The smallest absolute Gasteiger partial charge is 0.510 e. The molecule has 0 amide bonds. The molecule has 3 aromatic rings. The second kappa shape index (κ2) is 10.5. The maximum absolute atomic E-state index is 15.1. The van der Waals surface area contributed by atoms with Crippen LogP contribution >= 0.6 is 11.8 Å². The minimum Gasteiger partial charge on any atom is -0.870 e. The molecule has 0 saturated carbocycles. The Bertz CT molecular complexity index is 1630. The van der Waals surface area contributed by atoms with Crippen LogP contribution in [0.25, 0.3) is 17.1 Å². The molecule has 0 spiro atoms. The molecule has 0 aliphatic carbocycles. The number of hydrogen-bond acceptors (Lipinski definition) is 10. The summed E-state index contributed by atoms with van der Waals surface area (Å²) in [6, 6.07) is 12.1. The average molecular weight is 567 g/mol. The first-order valence-corrected chi connectivity index (χ1v) is 13.6. The van der Waals surface area contributed by atoms with Gasteiger partial charge < -0.3 is 34.1 Å². The van der Waals surface area contributed by atoms with Gasteiger partial charge in [-0.15, -0.1) is 11.8 Å². The Balaban J connectivity index is 1.57. The topological polar surface area (TPSA) is 122 Å². The standard InChI is InChI=1S/C28H25FN3O7S/c1-15-11-31-24(12-37-15)30-32-21(10-22(33)26(25(32)27(31)34)38-14-39-28(35)36-2)20-9-18(29)7-17-13-40-23-6-4-3-5-16(23)8-19(17)20/h3-7,9-10,15,24H,8,11-14H2,1-2H3/q-1/t15-,24?/m0/s1. The zero-order chi connectivity index (χ0) is 28.0. The summed E-state index contributed by atoms with van der Waals surface area (Å²) in [7, 11) is 1.13. The first-order chi connectivity index (χ1) is 19.3. The minimum atomic E-state index is -1.01. The van der Waals surface area contributed by atoms with E-state index < -0.39 is 36.6 Å². The van der Waals surface area contributed by atoms with Crippen molar-refractivity contribution >= 4 is 23.8 Å². The van der Waals surface area contributed by atoms with Gasteiger partial charge in [0.05, 0.1) is 25.4 Å². The van der Waals surface area contributed by atoms with Gasteiger partial charge in [-0.25, -0.2) is 9.18 Å². The Hall–Kier alpha value is -4.03. The van der Waals surface area contributed by atoms with E-state index in [0.717, 1.165) is 28.7 Å². The van der Waals surface area contributed by atoms with Gasteiger partial charge in [-0.05, 0) is 57.7 Å². The van der Waals surface area contributed by atoms with E-state index >= 15 is 4.39 Å². The number of hydrogen-bond donors (Lipinski definition) is 0. The van der Waals surface area contributed by atoms with Gasteiger partial charge in [-0.3, -0.25) is 0 Å². The summed E-state index contributed by atoms with van der Waals surface area (Å²) < 4.78 is 36.9. The third-order valence-corrected chi connectivity index (χ3v) is 8.22. The van der Waals surface area contributed by atoms with Crippen LogP contribution in [-0.4, -0.2) is 50.4 Å². The number of morpholine rings is 1. The quantitative estimate of drug-likeness (QED) is 0.264. The zero-order valence-corrected chi connectivity index (χ0v) is 22.5. The molecule has 0 N–H and O–H groups in total. The third kappa shape index (κ3) is 4.66. The molecule has 1 unspecified atom stereocenters. The van der Waals surface area contributed by atoms with Gasteiger partial charge in [-0.1, -0.05) is 23.9 Å². The van der Waals surface area contributed by atoms with Crippen molar-refractivity contribution in [2.45, 2.75) is 36.3 Å². The Kier molecular flexibility index (Phi) is 6.88. The second-order valence-corrected chi connectivity index (χ2v) is 10.6. The number of ether oxygens (including phenoxy) is 4. The molecule has 1 saturated heterocycles. The number of fused-ring (bicyclic) bond motifs is 4. The summed E-state index contributed by atoms with van der Waals surface area (Å²) in [4.78, 5) is 14.0. The van der Waals surface area contributed by atoms with Crippen molar-refractivity contribution in [2.24, 2.45) is 5.11 Å². The molecular weight excluding hydrogens is 541 g/mol. The highest BCUT2D eigenvalue weighted by atomic mass is 32.2. The lowest BCUT2D eigenvalue weighted by atomic mass is 9.93. The Morgan fingerprint density at radius 1 is 1.25 bits per heavy atom. The molecule has 40 heavy (non-hydrogen) atoms. The molecule has 208 valence electrons.